The van der Waals surface area contributed by atoms with Crippen molar-refractivity contribution in [1.29, 1.82) is 0 Å². The van der Waals surface area contributed by atoms with E-state index in [-0.39, 0.29) is 5.41 Å². The fourth-order valence-electron chi connectivity index (χ4n) is 3.98. The second-order valence-electron chi connectivity index (χ2n) is 9.36. The highest BCUT2D eigenvalue weighted by molar-refractivity contribution is 5.74. The molecule has 0 saturated carbocycles. The molecule has 1 aromatic heterocycles. The van der Waals surface area contributed by atoms with E-state index in [0.717, 1.165) is 22.5 Å². The van der Waals surface area contributed by atoms with Gasteiger partial charge in [-0.15, -0.1) is 0 Å². The number of aromatic amines is 1. The first kappa shape index (κ1) is 20.9. The summed E-state index contributed by atoms with van der Waals surface area (Å²) in [6.45, 7) is 6.65. The van der Waals surface area contributed by atoms with Gasteiger partial charge < -0.3 is 0 Å². The predicted octanol–water partition coefficient (Wildman–Crippen LogP) is 7.77. The van der Waals surface area contributed by atoms with E-state index in [9.17, 15) is 0 Å². The highest BCUT2D eigenvalue weighted by Gasteiger charge is 2.16. The van der Waals surface area contributed by atoms with Crippen molar-refractivity contribution >= 4 is 0 Å². The molecule has 33 heavy (non-hydrogen) atoms. The molecule has 162 valence electrons. The van der Waals surface area contributed by atoms with Gasteiger partial charge in [-0.05, 0) is 45.4 Å². The maximum absolute atomic E-state index is 4.80. The van der Waals surface area contributed by atoms with Crippen molar-refractivity contribution in [2.24, 2.45) is 0 Å². The van der Waals surface area contributed by atoms with E-state index in [0.29, 0.717) is 5.82 Å². The smallest absolute Gasteiger partial charge is 0.181 e. The summed E-state index contributed by atoms with van der Waals surface area (Å²) in [6.07, 6.45) is 0. The first-order chi connectivity index (χ1) is 16.0. The van der Waals surface area contributed by atoms with Crippen LogP contribution < -0.4 is 0 Å². The van der Waals surface area contributed by atoms with Gasteiger partial charge in [0.15, 0.2) is 11.6 Å². The lowest BCUT2D eigenvalue weighted by Crippen LogP contribution is -2.10. The quantitative estimate of drug-likeness (QED) is 0.317. The van der Waals surface area contributed by atoms with E-state index in [1.54, 1.807) is 0 Å². The van der Waals surface area contributed by atoms with Crippen LogP contribution in [0.2, 0.25) is 0 Å². The Morgan fingerprint density at radius 3 is 1.85 bits per heavy atom. The van der Waals surface area contributed by atoms with Crippen molar-refractivity contribution in [3.05, 3.63) is 109 Å². The van der Waals surface area contributed by atoms with Crippen LogP contribution in [-0.4, -0.2) is 15.2 Å². The summed E-state index contributed by atoms with van der Waals surface area (Å²) < 4.78 is 0. The van der Waals surface area contributed by atoms with Crippen LogP contribution >= 0.6 is 0 Å². The monoisotopic (exact) mass is 429 g/mol. The van der Waals surface area contributed by atoms with E-state index in [2.05, 4.69) is 128 Å². The van der Waals surface area contributed by atoms with Gasteiger partial charge in [-0.25, -0.2) is 4.98 Å². The van der Waals surface area contributed by atoms with Crippen LogP contribution in [0.4, 0.5) is 0 Å². The lowest BCUT2D eigenvalue weighted by atomic mass is 9.86. The molecule has 3 heteroatoms. The molecule has 0 unspecified atom stereocenters. The number of aromatic nitrogens is 3. The average Bonchev–Trinajstić information content (AvgIpc) is 3.35. The van der Waals surface area contributed by atoms with Crippen molar-refractivity contribution in [2.45, 2.75) is 26.2 Å². The topological polar surface area (TPSA) is 41.6 Å². The van der Waals surface area contributed by atoms with Crippen molar-refractivity contribution in [3.8, 4) is 45.0 Å². The largest absolute Gasteiger partial charge is 0.259 e. The summed E-state index contributed by atoms with van der Waals surface area (Å²) in [7, 11) is 0. The lowest BCUT2D eigenvalue weighted by Gasteiger charge is -2.19. The summed E-state index contributed by atoms with van der Waals surface area (Å²) in [6, 6.07) is 36.0. The molecule has 0 saturated heterocycles. The van der Waals surface area contributed by atoms with Crippen molar-refractivity contribution in [1.82, 2.24) is 15.2 Å². The van der Waals surface area contributed by atoms with E-state index < -0.39 is 0 Å². The summed E-state index contributed by atoms with van der Waals surface area (Å²) in [5, 5.41) is 7.62. The number of rotatable bonds is 4. The maximum atomic E-state index is 4.80. The van der Waals surface area contributed by atoms with Crippen LogP contribution in [0.15, 0.2) is 103 Å². The molecular weight excluding hydrogens is 402 g/mol. The Kier molecular flexibility index (Phi) is 5.39. The highest BCUT2D eigenvalue weighted by Crippen LogP contribution is 2.29. The SMILES string of the molecule is CC(C)(C)c1cccc(-c2n[nH]c(-c3cccc(-c4ccc(-c5ccccc5)cc4)c3)n2)c1. The zero-order valence-electron chi connectivity index (χ0n) is 19.2. The molecule has 0 radical (unpaired) electrons. The molecule has 5 aromatic rings. The van der Waals surface area contributed by atoms with Gasteiger partial charge in [0.2, 0.25) is 0 Å². The summed E-state index contributed by atoms with van der Waals surface area (Å²) >= 11 is 0. The first-order valence-electron chi connectivity index (χ1n) is 11.3. The van der Waals surface area contributed by atoms with Crippen LogP contribution in [0.3, 0.4) is 0 Å². The Balaban J connectivity index is 1.42. The Labute approximate surface area is 195 Å². The molecule has 0 atom stereocenters. The average molecular weight is 430 g/mol. The van der Waals surface area contributed by atoms with Gasteiger partial charge in [0.05, 0.1) is 0 Å². The fourth-order valence-corrected chi connectivity index (χ4v) is 3.98. The fraction of sp³-hybridized carbons (Fsp3) is 0.133. The van der Waals surface area contributed by atoms with E-state index in [1.807, 2.05) is 6.07 Å². The van der Waals surface area contributed by atoms with E-state index in [4.69, 9.17) is 4.98 Å². The molecule has 1 N–H and O–H groups in total. The van der Waals surface area contributed by atoms with Gasteiger partial charge in [0.1, 0.15) is 0 Å². The van der Waals surface area contributed by atoms with Gasteiger partial charge in [0, 0.05) is 11.1 Å². The normalized spacial score (nSPS) is 11.5. The van der Waals surface area contributed by atoms with Crippen molar-refractivity contribution in [2.75, 3.05) is 0 Å². The second-order valence-corrected chi connectivity index (χ2v) is 9.36. The number of H-pyrrole nitrogens is 1. The molecule has 3 nitrogen and oxygen atoms in total. The highest BCUT2D eigenvalue weighted by atomic mass is 15.2. The molecule has 0 bridgehead atoms. The third-order valence-electron chi connectivity index (χ3n) is 5.93. The van der Waals surface area contributed by atoms with Crippen LogP contribution in [0.5, 0.6) is 0 Å². The molecule has 0 aliphatic carbocycles. The van der Waals surface area contributed by atoms with Gasteiger partial charge in [0.25, 0.3) is 0 Å². The van der Waals surface area contributed by atoms with Crippen molar-refractivity contribution < 1.29 is 0 Å². The Morgan fingerprint density at radius 1 is 0.545 bits per heavy atom. The first-order valence-corrected chi connectivity index (χ1v) is 11.3. The zero-order valence-corrected chi connectivity index (χ0v) is 19.2. The van der Waals surface area contributed by atoms with Crippen LogP contribution in [0, 0.1) is 0 Å². The number of hydrogen-bond donors (Lipinski definition) is 1. The number of benzene rings is 4. The van der Waals surface area contributed by atoms with E-state index in [1.165, 1.54) is 22.3 Å². The van der Waals surface area contributed by atoms with Crippen LogP contribution in [0.1, 0.15) is 26.3 Å². The standard InChI is InChI=1S/C30H27N3/c1-30(2,3)27-14-8-13-26(20-27)29-31-28(32-33-29)25-12-7-11-24(19-25)23-17-15-22(16-18-23)21-9-5-4-6-10-21/h4-20H,1-3H3,(H,31,32,33). The van der Waals surface area contributed by atoms with Crippen LogP contribution in [-0.2, 0) is 5.41 Å². The molecule has 1 heterocycles. The minimum absolute atomic E-state index is 0.0829. The number of nitrogens with one attached hydrogen (secondary N) is 1. The minimum Gasteiger partial charge on any atom is -0.259 e. The molecule has 5 rings (SSSR count). The van der Waals surface area contributed by atoms with Gasteiger partial charge >= 0.3 is 0 Å². The molecule has 0 fully saturated rings. The van der Waals surface area contributed by atoms with E-state index >= 15 is 0 Å². The maximum Gasteiger partial charge on any atom is 0.181 e. The molecule has 0 spiro atoms. The summed E-state index contributed by atoms with van der Waals surface area (Å²) in [5.41, 5.74) is 8.17. The Bertz CT molecular complexity index is 1370. The molecule has 0 amide bonds. The molecule has 4 aromatic carbocycles. The minimum atomic E-state index is 0.0829. The Hall–Kier alpha value is -3.98. The third kappa shape index (κ3) is 4.49. The van der Waals surface area contributed by atoms with Gasteiger partial charge in [-0.1, -0.05) is 112 Å². The predicted molar refractivity (Wildman–Crippen MR) is 137 cm³/mol. The lowest BCUT2D eigenvalue weighted by molar-refractivity contribution is 0.590. The zero-order chi connectivity index (χ0) is 22.8. The number of hydrogen-bond acceptors (Lipinski definition) is 2. The molecular formula is C30H27N3. The molecule has 0 aliphatic heterocycles. The number of nitrogens with zero attached hydrogens (tertiary/aromatic N) is 2. The Morgan fingerprint density at radius 2 is 1.12 bits per heavy atom. The summed E-state index contributed by atoms with van der Waals surface area (Å²) in [5.74, 6) is 1.49. The third-order valence-corrected chi connectivity index (χ3v) is 5.93. The van der Waals surface area contributed by atoms with Crippen molar-refractivity contribution in [3.63, 3.8) is 0 Å². The molecule has 0 aliphatic rings. The van der Waals surface area contributed by atoms with Gasteiger partial charge in [-0.2, -0.15) is 5.10 Å². The summed E-state index contributed by atoms with van der Waals surface area (Å²) in [4.78, 5) is 4.80. The second kappa shape index (κ2) is 8.51. The van der Waals surface area contributed by atoms with Gasteiger partial charge in [-0.3, -0.25) is 5.10 Å². The van der Waals surface area contributed by atoms with Crippen LogP contribution in [0.25, 0.3) is 45.0 Å².